The molecule has 0 saturated heterocycles. The van der Waals surface area contributed by atoms with E-state index in [9.17, 15) is 23.5 Å². The smallest absolute Gasteiger partial charge is 0.403 e. The molecular weight excluding hydrogens is 481 g/mol. The number of aryl methyl sites for hydroxylation is 1. The molecule has 10 nitrogen and oxygen atoms in total. The first-order chi connectivity index (χ1) is 15.0. The summed E-state index contributed by atoms with van der Waals surface area (Å²) in [7, 11) is -15.6. The van der Waals surface area contributed by atoms with E-state index in [2.05, 4.69) is 4.31 Å². The quantitative estimate of drug-likeness (QED) is 0.325. The molecule has 0 aliphatic carbocycles. The zero-order valence-electron chi connectivity index (χ0n) is 16.6. The fourth-order valence-electron chi connectivity index (χ4n) is 2.30. The second-order valence-electron chi connectivity index (χ2n) is 6.26. The molecule has 0 aliphatic rings. The lowest BCUT2D eigenvalue weighted by Gasteiger charge is -2.23. The van der Waals surface area contributed by atoms with E-state index in [-0.39, 0.29) is 17.2 Å². The van der Waals surface area contributed by atoms with Crippen molar-refractivity contribution in [3.8, 4) is 17.2 Å². The third-order valence-electron chi connectivity index (χ3n) is 3.57. The van der Waals surface area contributed by atoms with Gasteiger partial charge in [-0.2, -0.15) is 8.62 Å². The third kappa shape index (κ3) is 7.62. The standard InChI is InChI=1S/C19H19O10P3/c1-16-12-14-19(15-13-16)26-31(23,25-17-8-4-2-5-9-17)29-32(24,28-30(20,21)22)27-18-10-6-3-7-11-18/h2-15H,1H3,(H2,20,21,22). The largest absolute Gasteiger partial charge is 0.597 e. The molecule has 0 aliphatic heterocycles. The maximum Gasteiger partial charge on any atom is 0.597 e. The third-order valence-corrected chi connectivity index (χ3v) is 8.12. The van der Waals surface area contributed by atoms with Gasteiger partial charge in [-0.3, -0.25) is 0 Å². The molecule has 0 bridgehead atoms. The van der Waals surface area contributed by atoms with Crippen LogP contribution in [0.2, 0.25) is 0 Å². The van der Waals surface area contributed by atoms with Crippen molar-refractivity contribution < 1.29 is 45.7 Å². The van der Waals surface area contributed by atoms with E-state index >= 15 is 0 Å². The van der Waals surface area contributed by atoms with Crippen LogP contribution in [-0.2, 0) is 22.3 Å². The van der Waals surface area contributed by atoms with E-state index in [1.165, 1.54) is 48.5 Å². The molecule has 0 aromatic heterocycles. The summed E-state index contributed by atoms with van der Waals surface area (Å²) in [6.45, 7) is 1.82. The van der Waals surface area contributed by atoms with Gasteiger partial charge >= 0.3 is 23.5 Å². The van der Waals surface area contributed by atoms with Crippen LogP contribution in [0.5, 0.6) is 17.2 Å². The minimum Gasteiger partial charge on any atom is -0.403 e. The van der Waals surface area contributed by atoms with Gasteiger partial charge in [-0.05, 0) is 43.3 Å². The Kier molecular flexibility index (Phi) is 7.59. The molecule has 0 spiro atoms. The van der Waals surface area contributed by atoms with Gasteiger partial charge in [0.25, 0.3) is 0 Å². The first-order valence-electron chi connectivity index (χ1n) is 8.98. The van der Waals surface area contributed by atoms with E-state index in [0.29, 0.717) is 0 Å². The van der Waals surface area contributed by atoms with Crippen LogP contribution in [0.3, 0.4) is 0 Å². The Morgan fingerprint density at radius 3 is 1.41 bits per heavy atom. The van der Waals surface area contributed by atoms with E-state index < -0.39 is 23.5 Å². The molecule has 0 fully saturated rings. The molecule has 2 N–H and O–H groups in total. The molecule has 0 radical (unpaired) electrons. The van der Waals surface area contributed by atoms with Crippen LogP contribution < -0.4 is 13.6 Å². The minimum atomic E-state index is -5.43. The molecule has 2 unspecified atom stereocenters. The Labute approximate surface area is 184 Å². The molecule has 32 heavy (non-hydrogen) atoms. The molecule has 0 amide bonds. The van der Waals surface area contributed by atoms with Crippen molar-refractivity contribution in [1.82, 2.24) is 0 Å². The molecule has 3 aromatic rings. The van der Waals surface area contributed by atoms with Crippen molar-refractivity contribution in [1.29, 1.82) is 0 Å². The van der Waals surface area contributed by atoms with Crippen LogP contribution in [-0.4, -0.2) is 9.79 Å². The van der Waals surface area contributed by atoms with Crippen LogP contribution in [0.4, 0.5) is 0 Å². The highest BCUT2D eigenvalue weighted by Crippen LogP contribution is 2.69. The molecule has 0 heterocycles. The predicted molar refractivity (Wildman–Crippen MR) is 115 cm³/mol. The summed E-state index contributed by atoms with van der Waals surface area (Å²) in [5.41, 5.74) is 0.875. The Balaban J connectivity index is 1.97. The summed E-state index contributed by atoms with van der Waals surface area (Å²) in [5, 5.41) is 0. The van der Waals surface area contributed by atoms with Crippen molar-refractivity contribution in [3.05, 3.63) is 90.5 Å². The number of rotatable bonds is 10. The summed E-state index contributed by atoms with van der Waals surface area (Å²) in [6, 6.07) is 21.1. The van der Waals surface area contributed by atoms with Gasteiger partial charge < -0.3 is 23.4 Å². The van der Waals surface area contributed by atoms with Gasteiger partial charge in [-0.1, -0.05) is 54.1 Å². The number of hydrogen-bond acceptors (Lipinski definition) is 8. The topological polar surface area (TPSA) is 138 Å². The van der Waals surface area contributed by atoms with Gasteiger partial charge in [-0.25, -0.2) is 13.7 Å². The molecule has 3 rings (SSSR count). The van der Waals surface area contributed by atoms with Gasteiger partial charge in [0, 0.05) is 0 Å². The van der Waals surface area contributed by atoms with Gasteiger partial charge in [0.15, 0.2) is 0 Å². The highest BCUT2D eigenvalue weighted by Gasteiger charge is 2.48. The first kappa shape index (κ1) is 24.2. The minimum absolute atomic E-state index is 0.00499. The van der Waals surface area contributed by atoms with Gasteiger partial charge in [0.2, 0.25) is 0 Å². The predicted octanol–water partition coefficient (Wildman–Crippen LogP) is 5.87. The lowest BCUT2D eigenvalue weighted by Crippen LogP contribution is -2.08. The Hall–Kier alpha value is -2.41. The van der Waals surface area contributed by atoms with Crippen LogP contribution in [0.25, 0.3) is 0 Å². The summed E-state index contributed by atoms with van der Waals surface area (Å²) < 4.78 is 63.0. The Morgan fingerprint density at radius 2 is 0.969 bits per heavy atom. The lowest BCUT2D eigenvalue weighted by molar-refractivity contribution is 0.213. The second kappa shape index (κ2) is 10.0. The Morgan fingerprint density at radius 1 is 0.562 bits per heavy atom. The summed E-state index contributed by atoms with van der Waals surface area (Å²) >= 11 is 0. The van der Waals surface area contributed by atoms with Gasteiger partial charge in [0.05, 0.1) is 0 Å². The van der Waals surface area contributed by atoms with Gasteiger partial charge in [0.1, 0.15) is 17.2 Å². The normalized spacial score (nSPS) is 15.2. The number of hydrogen-bond donors (Lipinski definition) is 2. The van der Waals surface area contributed by atoms with E-state index in [1.807, 2.05) is 6.92 Å². The van der Waals surface area contributed by atoms with Gasteiger partial charge in [-0.15, -0.1) is 0 Å². The Bertz CT molecular complexity index is 1160. The maximum atomic E-state index is 13.5. The van der Waals surface area contributed by atoms with Crippen LogP contribution in [0, 0.1) is 6.92 Å². The average molecular weight is 500 g/mol. The number of phosphoric acid groups is 3. The molecule has 0 saturated carbocycles. The van der Waals surface area contributed by atoms with Crippen LogP contribution in [0.15, 0.2) is 84.9 Å². The van der Waals surface area contributed by atoms with Crippen molar-refractivity contribution in [2.75, 3.05) is 0 Å². The van der Waals surface area contributed by atoms with E-state index in [0.717, 1.165) is 5.56 Å². The summed E-state index contributed by atoms with van der Waals surface area (Å²) in [6.07, 6.45) is 0. The maximum absolute atomic E-state index is 13.5. The number of benzene rings is 3. The monoisotopic (exact) mass is 500 g/mol. The van der Waals surface area contributed by atoms with E-state index in [4.69, 9.17) is 17.9 Å². The van der Waals surface area contributed by atoms with Crippen LogP contribution >= 0.6 is 23.5 Å². The second-order valence-corrected chi connectivity index (χ2v) is 10.9. The number of para-hydroxylation sites is 2. The number of phosphoric ester groups is 1. The zero-order valence-corrected chi connectivity index (χ0v) is 19.3. The fraction of sp³-hybridized carbons (Fsp3) is 0.0526. The highest BCUT2D eigenvalue weighted by atomic mass is 31.3. The molecule has 13 heteroatoms. The average Bonchev–Trinajstić information content (AvgIpc) is 2.69. The van der Waals surface area contributed by atoms with Crippen molar-refractivity contribution in [3.63, 3.8) is 0 Å². The fourth-order valence-corrected chi connectivity index (χ4v) is 6.42. The highest BCUT2D eigenvalue weighted by molar-refractivity contribution is 7.67. The summed E-state index contributed by atoms with van der Waals surface area (Å²) in [4.78, 5) is 18.4. The molecule has 2 atom stereocenters. The lowest BCUT2D eigenvalue weighted by atomic mass is 10.2. The SMILES string of the molecule is Cc1ccc(OP(=O)(Oc2ccccc2)OP(=O)(Oc2ccccc2)OP(=O)(O)O)cc1. The molecule has 3 aromatic carbocycles. The molecule has 170 valence electrons. The van der Waals surface area contributed by atoms with Crippen molar-refractivity contribution >= 4 is 23.5 Å². The van der Waals surface area contributed by atoms with Crippen LogP contribution in [0.1, 0.15) is 5.56 Å². The first-order valence-corrected chi connectivity index (χ1v) is 13.4. The van der Waals surface area contributed by atoms with Crippen molar-refractivity contribution in [2.24, 2.45) is 0 Å². The summed E-state index contributed by atoms with van der Waals surface area (Å²) in [5.74, 6) is -0.117. The van der Waals surface area contributed by atoms with Crippen molar-refractivity contribution in [2.45, 2.75) is 6.92 Å². The zero-order chi connectivity index (χ0) is 23.2. The molecular formula is C19H19O10P3. The van der Waals surface area contributed by atoms with E-state index in [1.54, 1.807) is 36.4 Å².